The van der Waals surface area contributed by atoms with Crippen molar-refractivity contribution in [1.29, 1.82) is 0 Å². The number of rotatable bonds is 6. The highest BCUT2D eigenvalue weighted by Gasteiger charge is 2.30. The van der Waals surface area contributed by atoms with E-state index in [-0.39, 0.29) is 12.2 Å². The third-order valence-corrected chi connectivity index (χ3v) is 3.17. The monoisotopic (exact) mass is 353 g/mol. The quantitative estimate of drug-likeness (QED) is 0.614. The van der Waals surface area contributed by atoms with Gasteiger partial charge >= 0.3 is 12.1 Å². The maximum Gasteiger partial charge on any atom is 0.416 e. The SMILES string of the molecule is CCCCOC(=O)CNc1cc(C(F)(F)F)ccc1Br. The zero-order valence-electron chi connectivity index (χ0n) is 10.9. The summed E-state index contributed by atoms with van der Waals surface area (Å²) in [6.07, 6.45) is -2.75. The van der Waals surface area contributed by atoms with Gasteiger partial charge in [0.2, 0.25) is 0 Å². The number of carbonyl (C=O) groups excluding carboxylic acids is 1. The van der Waals surface area contributed by atoms with Crippen molar-refractivity contribution in [2.75, 3.05) is 18.5 Å². The van der Waals surface area contributed by atoms with Gasteiger partial charge < -0.3 is 10.1 Å². The largest absolute Gasteiger partial charge is 0.464 e. The van der Waals surface area contributed by atoms with Gasteiger partial charge in [-0.2, -0.15) is 13.2 Å². The van der Waals surface area contributed by atoms with Gasteiger partial charge in [0.15, 0.2) is 0 Å². The fraction of sp³-hybridized carbons (Fsp3) is 0.462. The molecule has 1 aromatic carbocycles. The lowest BCUT2D eigenvalue weighted by molar-refractivity contribution is -0.141. The van der Waals surface area contributed by atoms with E-state index >= 15 is 0 Å². The smallest absolute Gasteiger partial charge is 0.416 e. The summed E-state index contributed by atoms with van der Waals surface area (Å²) in [5.41, 5.74) is -0.574. The van der Waals surface area contributed by atoms with Crippen LogP contribution in [0.5, 0.6) is 0 Å². The van der Waals surface area contributed by atoms with E-state index < -0.39 is 17.7 Å². The Balaban J connectivity index is 2.61. The lowest BCUT2D eigenvalue weighted by atomic mass is 10.2. The molecule has 0 saturated heterocycles. The van der Waals surface area contributed by atoms with Crippen LogP contribution in [-0.4, -0.2) is 19.1 Å². The van der Waals surface area contributed by atoms with Gasteiger partial charge in [0.1, 0.15) is 6.54 Å². The van der Waals surface area contributed by atoms with E-state index in [9.17, 15) is 18.0 Å². The lowest BCUT2D eigenvalue weighted by Gasteiger charge is -2.12. The average Bonchev–Trinajstić information content (AvgIpc) is 2.36. The highest BCUT2D eigenvalue weighted by molar-refractivity contribution is 9.10. The lowest BCUT2D eigenvalue weighted by Crippen LogP contribution is -2.18. The Morgan fingerprint density at radius 2 is 2.10 bits per heavy atom. The first-order valence-electron chi connectivity index (χ1n) is 6.11. The highest BCUT2D eigenvalue weighted by Crippen LogP contribution is 2.33. The minimum Gasteiger partial charge on any atom is -0.464 e. The van der Waals surface area contributed by atoms with Crippen LogP contribution in [0.15, 0.2) is 22.7 Å². The van der Waals surface area contributed by atoms with Crippen LogP contribution in [0, 0.1) is 0 Å². The summed E-state index contributed by atoms with van der Waals surface area (Å²) in [6, 6.07) is 3.20. The first kappa shape index (κ1) is 16.8. The number of alkyl halides is 3. The molecule has 1 N–H and O–H groups in total. The van der Waals surface area contributed by atoms with Crippen LogP contribution in [0.3, 0.4) is 0 Å². The summed E-state index contributed by atoms with van der Waals surface area (Å²) < 4.78 is 43.1. The predicted molar refractivity (Wildman–Crippen MR) is 73.5 cm³/mol. The molecule has 0 unspecified atom stereocenters. The molecule has 0 spiro atoms. The molecule has 7 heteroatoms. The number of halogens is 4. The molecule has 20 heavy (non-hydrogen) atoms. The Bertz CT molecular complexity index is 463. The fourth-order valence-corrected chi connectivity index (χ4v) is 1.77. The Labute approximate surface area is 123 Å². The van der Waals surface area contributed by atoms with Crippen molar-refractivity contribution in [1.82, 2.24) is 0 Å². The Morgan fingerprint density at radius 3 is 2.70 bits per heavy atom. The zero-order valence-corrected chi connectivity index (χ0v) is 12.5. The van der Waals surface area contributed by atoms with Gasteiger partial charge in [-0.3, -0.25) is 4.79 Å². The topological polar surface area (TPSA) is 38.3 Å². The minimum atomic E-state index is -4.42. The number of benzene rings is 1. The molecule has 0 aromatic heterocycles. The maximum absolute atomic E-state index is 12.6. The molecule has 0 saturated carbocycles. The molecule has 0 radical (unpaired) electrons. The predicted octanol–water partition coefficient (Wildman–Crippen LogP) is 4.22. The molecule has 0 fully saturated rings. The molecular formula is C13H15BrF3NO2. The van der Waals surface area contributed by atoms with Crippen molar-refractivity contribution in [3.8, 4) is 0 Å². The second-order valence-corrected chi connectivity index (χ2v) is 4.97. The van der Waals surface area contributed by atoms with E-state index in [1.165, 1.54) is 6.07 Å². The summed E-state index contributed by atoms with van der Waals surface area (Å²) >= 11 is 3.13. The van der Waals surface area contributed by atoms with E-state index in [0.717, 1.165) is 25.0 Å². The number of anilines is 1. The van der Waals surface area contributed by atoms with Gasteiger partial charge in [0.05, 0.1) is 12.2 Å². The van der Waals surface area contributed by atoms with Gasteiger partial charge in [-0.15, -0.1) is 0 Å². The van der Waals surface area contributed by atoms with E-state index in [4.69, 9.17) is 4.74 Å². The first-order chi connectivity index (χ1) is 9.34. The molecule has 1 rings (SSSR count). The Hall–Kier alpha value is -1.24. The molecule has 1 aromatic rings. The van der Waals surface area contributed by atoms with Crippen LogP contribution < -0.4 is 5.32 Å². The summed E-state index contributed by atoms with van der Waals surface area (Å²) in [4.78, 5) is 11.4. The number of unbranched alkanes of at least 4 members (excludes halogenated alkanes) is 1. The van der Waals surface area contributed by atoms with E-state index in [1.54, 1.807) is 0 Å². The molecule has 0 aliphatic carbocycles. The van der Waals surface area contributed by atoms with Gasteiger partial charge in [-0.25, -0.2) is 0 Å². The normalized spacial score (nSPS) is 11.2. The Morgan fingerprint density at radius 1 is 1.40 bits per heavy atom. The summed E-state index contributed by atoms with van der Waals surface area (Å²) in [5.74, 6) is -0.497. The fourth-order valence-electron chi connectivity index (χ4n) is 1.39. The standard InChI is InChI=1S/C13H15BrF3NO2/c1-2-3-6-20-12(19)8-18-11-7-9(13(15,16)17)4-5-10(11)14/h4-5,7,18H,2-3,6,8H2,1H3. The molecule has 0 amide bonds. The molecule has 0 aliphatic heterocycles. The third kappa shape index (κ3) is 5.40. The van der Waals surface area contributed by atoms with E-state index in [0.29, 0.717) is 11.1 Å². The van der Waals surface area contributed by atoms with Gasteiger partial charge in [-0.1, -0.05) is 13.3 Å². The summed E-state index contributed by atoms with van der Waals surface area (Å²) in [7, 11) is 0. The summed E-state index contributed by atoms with van der Waals surface area (Å²) in [5, 5.41) is 2.63. The van der Waals surface area contributed by atoms with Crippen molar-refractivity contribution in [3.63, 3.8) is 0 Å². The van der Waals surface area contributed by atoms with Crippen LogP contribution in [-0.2, 0) is 15.7 Å². The number of ether oxygens (including phenoxy) is 1. The van der Waals surface area contributed by atoms with Crippen LogP contribution in [0.2, 0.25) is 0 Å². The molecule has 112 valence electrons. The molecule has 0 atom stereocenters. The first-order valence-corrected chi connectivity index (χ1v) is 6.90. The van der Waals surface area contributed by atoms with Gasteiger partial charge in [0, 0.05) is 10.2 Å². The van der Waals surface area contributed by atoms with Gasteiger partial charge in [0.25, 0.3) is 0 Å². The number of hydrogen-bond acceptors (Lipinski definition) is 3. The molecule has 0 aliphatic rings. The molecule has 0 bridgehead atoms. The Kier molecular flexibility index (Phi) is 6.32. The number of esters is 1. The van der Waals surface area contributed by atoms with Crippen molar-refractivity contribution in [2.45, 2.75) is 25.9 Å². The maximum atomic E-state index is 12.6. The minimum absolute atomic E-state index is 0.177. The molecule has 0 heterocycles. The van der Waals surface area contributed by atoms with Crippen LogP contribution >= 0.6 is 15.9 Å². The second-order valence-electron chi connectivity index (χ2n) is 4.12. The van der Waals surface area contributed by atoms with Crippen molar-refractivity contribution in [2.24, 2.45) is 0 Å². The average molecular weight is 354 g/mol. The molecular weight excluding hydrogens is 339 g/mol. The number of hydrogen-bond donors (Lipinski definition) is 1. The van der Waals surface area contributed by atoms with Crippen molar-refractivity contribution in [3.05, 3.63) is 28.2 Å². The number of carbonyl (C=O) groups is 1. The van der Waals surface area contributed by atoms with Crippen molar-refractivity contribution >= 4 is 27.6 Å². The summed E-state index contributed by atoms with van der Waals surface area (Å²) in [6.45, 7) is 2.11. The van der Waals surface area contributed by atoms with E-state index in [2.05, 4.69) is 21.2 Å². The zero-order chi connectivity index (χ0) is 15.2. The second kappa shape index (κ2) is 7.52. The van der Waals surface area contributed by atoms with Crippen LogP contribution in [0.4, 0.5) is 18.9 Å². The third-order valence-electron chi connectivity index (χ3n) is 2.48. The van der Waals surface area contributed by atoms with Crippen LogP contribution in [0.25, 0.3) is 0 Å². The molecule has 3 nitrogen and oxygen atoms in total. The van der Waals surface area contributed by atoms with E-state index in [1.807, 2.05) is 6.92 Å². The van der Waals surface area contributed by atoms with Crippen LogP contribution in [0.1, 0.15) is 25.3 Å². The van der Waals surface area contributed by atoms with Gasteiger partial charge in [-0.05, 0) is 40.5 Å². The highest BCUT2D eigenvalue weighted by atomic mass is 79.9. The number of nitrogens with one attached hydrogen (secondary N) is 1. The van der Waals surface area contributed by atoms with Crippen molar-refractivity contribution < 1.29 is 22.7 Å².